The van der Waals surface area contributed by atoms with Crippen molar-refractivity contribution in [1.82, 2.24) is 0 Å². The van der Waals surface area contributed by atoms with Crippen LogP contribution in [-0.4, -0.2) is 45.5 Å². The number of para-hydroxylation sites is 3. The van der Waals surface area contributed by atoms with E-state index in [1.54, 1.807) is 17.0 Å². The summed E-state index contributed by atoms with van der Waals surface area (Å²) in [5.74, 6) is -1.08. The minimum absolute atomic E-state index is 0.102. The van der Waals surface area contributed by atoms with Gasteiger partial charge in [0.1, 0.15) is 24.1 Å². The number of carboxylic acid groups (broad SMARTS) is 2. The summed E-state index contributed by atoms with van der Waals surface area (Å²) in [6, 6.07) is 20.2. The topological polar surface area (TPSA) is 138 Å². The summed E-state index contributed by atoms with van der Waals surface area (Å²) in [5.41, 5.74) is 3.07. The summed E-state index contributed by atoms with van der Waals surface area (Å²) in [7, 11) is 0. The van der Waals surface area contributed by atoms with Gasteiger partial charge in [0, 0.05) is 24.3 Å². The molecule has 0 saturated heterocycles. The first kappa shape index (κ1) is 42.8. The van der Waals surface area contributed by atoms with Crippen molar-refractivity contribution in [2.24, 2.45) is 0 Å². The van der Waals surface area contributed by atoms with E-state index in [1.165, 1.54) is 64.2 Å². The van der Waals surface area contributed by atoms with Gasteiger partial charge in [-0.05, 0) is 25.0 Å². The van der Waals surface area contributed by atoms with Gasteiger partial charge in [-0.25, -0.2) is 0 Å². The number of rotatable bonds is 26. The Bertz CT molecular complexity index is 1760. The van der Waals surface area contributed by atoms with Gasteiger partial charge in [0.15, 0.2) is 12.3 Å². The van der Waals surface area contributed by atoms with Crippen LogP contribution in [0.15, 0.2) is 71.6 Å². The monoisotopic (exact) mass is 749 g/mol. The molecule has 0 saturated carbocycles. The molecule has 0 aliphatic carbocycles. The molecule has 2 aromatic carbocycles. The molecule has 0 bridgehead atoms. The number of carboxylic acids is 2. The Morgan fingerprint density at radius 3 is 1.85 bits per heavy atom. The second-order valence-electron chi connectivity index (χ2n) is 15.1. The average Bonchev–Trinajstić information content (AvgIpc) is 3.67. The van der Waals surface area contributed by atoms with Crippen LogP contribution in [0, 0.1) is 22.7 Å². The molecule has 55 heavy (non-hydrogen) atoms. The summed E-state index contributed by atoms with van der Waals surface area (Å²) in [6.45, 7) is 4.73. The van der Waals surface area contributed by atoms with Gasteiger partial charge in [-0.15, -0.1) is 0 Å². The highest BCUT2D eigenvalue weighted by Gasteiger charge is 2.53. The maximum absolute atomic E-state index is 12.1. The molecule has 0 amide bonds. The van der Waals surface area contributed by atoms with Crippen LogP contribution in [0.25, 0.3) is 0 Å². The summed E-state index contributed by atoms with van der Waals surface area (Å²) < 4.78 is 8.21. The van der Waals surface area contributed by atoms with Crippen molar-refractivity contribution in [3.05, 3.63) is 77.2 Å². The molecular formula is C46H61N4O5+. The molecular weight excluding hydrogens is 689 g/mol. The standard InChI is InChI=1S/C46H60N4O5/c1-3-5-7-9-11-13-15-21-29-46(30-22-16-14-12-10-8-6-4-2)38-23-17-18-24-39(38)50(32-28-44(53)54)45(46)37(35-48)36(34-47)33-42-49(31-27-43(51)52)40-25-19-20-26-41(40)55-42/h17-20,23-26,33H,3-16,21-22,27-32H2,1-2H3,(H-,51,52,53,54)/p+1. The van der Waals surface area contributed by atoms with Crippen molar-refractivity contribution in [1.29, 1.82) is 10.5 Å². The molecule has 0 atom stereocenters. The van der Waals surface area contributed by atoms with E-state index in [-0.39, 0.29) is 43.0 Å². The molecule has 0 unspecified atom stereocenters. The van der Waals surface area contributed by atoms with Gasteiger partial charge in [0.25, 0.3) is 0 Å². The molecule has 2 aliphatic rings. The Kier molecular flexibility index (Phi) is 17.5. The van der Waals surface area contributed by atoms with Gasteiger partial charge < -0.3 is 19.8 Å². The first-order chi connectivity index (χ1) is 26.8. The first-order valence-electron chi connectivity index (χ1n) is 20.8. The van der Waals surface area contributed by atoms with Crippen LogP contribution >= 0.6 is 0 Å². The van der Waals surface area contributed by atoms with Crippen molar-refractivity contribution < 1.29 is 29.1 Å². The van der Waals surface area contributed by atoms with Gasteiger partial charge in [0.05, 0.1) is 23.1 Å². The fourth-order valence-electron chi connectivity index (χ4n) is 8.31. The van der Waals surface area contributed by atoms with Gasteiger partial charge in [0.2, 0.25) is 17.3 Å². The Hall–Kier alpha value is -4.89. The number of allylic oxidation sites excluding steroid dienone is 3. The van der Waals surface area contributed by atoms with E-state index in [9.17, 15) is 30.3 Å². The molecule has 4 rings (SSSR count). The van der Waals surface area contributed by atoms with Crippen LogP contribution in [0.4, 0.5) is 11.4 Å². The zero-order valence-electron chi connectivity index (χ0n) is 33.2. The van der Waals surface area contributed by atoms with Crippen LogP contribution in [-0.2, 0) is 15.0 Å². The van der Waals surface area contributed by atoms with Crippen molar-refractivity contribution in [2.45, 2.75) is 148 Å². The highest BCUT2D eigenvalue weighted by molar-refractivity contribution is 6.11. The predicted molar refractivity (Wildman–Crippen MR) is 218 cm³/mol. The van der Waals surface area contributed by atoms with Crippen LogP contribution in [0.3, 0.4) is 0 Å². The average molecular weight is 750 g/mol. The van der Waals surface area contributed by atoms with Gasteiger partial charge >= 0.3 is 11.9 Å². The number of nitriles is 2. The van der Waals surface area contributed by atoms with Crippen LogP contribution in [0.5, 0.6) is 5.75 Å². The quantitative estimate of drug-likeness (QED) is 0.0551. The van der Waals surface area contributed by atoms with Crippen molar-refractivity contribution in [2.75, 3.05) is 18.0 Å². The van der Waals surface area contributed by atoms with Crippen LogP contribution in [0.2, 0.25) is 0 Å². The molecule has 0 aromatic heterocycles. The molecule has 2 N–H and O–H groups in total. The third-order valence-corrected chi connectivity index (χ3v) is 11.1. The lowest BCUT2D eigenvalue weighted by Gasteiger charge is -2.29. The summed E-state index contributed by atoms with van der Waals surface area (Å²) in [4.78, 5) is 25.5. The van der Waals surface area contributed by atoms with Gasteiger partial charge in [-0.3, -0.25) is 9.59 Å². The zero-order valence-corrected chi connectivity index (χ0v) is 33.2. The van der Waals surface area contributed by atoms with E-state index < -0.39 is 17.4 Å². The van der Waals surface area contributed by atoms with E-state index in [1.807, 2.05) is 41.0 Å². The molecule has 0 fully saturated rings. The molecule has 0 spiro atoms. The fraction of sp³-hybridized carbons (Fsp3) is 0.543. The third-order valence-electron chi connectivity index (χ3n) is 11.1. The summed E-state index contributed by atoms with van der Waals surface area (Å²) >= 11 is 0. The maximum Gasteiger partial charge on any atom is 0.309 e. The normalized spacial score (nSPS) is 15.3. The minimum atomic E-state index is -0.961. The number of anilines is 1. The highest BCUT2D eigenvalue weighted by Crippen LogP contribution is 2.49. The lowest BCUT2D eigenvalue weighted by molar-refractivity contribution is -0.437. The second-order valence-corrected chi connectivity index (χ2v) is 15.1. The Morgan fingerprint density at radius 1 is 0.745 bits per heavy atom. The number of hydrogen-bond acceptors (Lipinski definition) is 6. The van der Waals surface area contributed by atoms with E-state index in [0.717, 1.165) is 62.6 Å². The van der Waals surface area contributed by atoms with Gasteiger partial charge in [-0.1, -0.05) is 147 Å². The molecule has 0 radical (unpaired) electrons. The number of ether oxygens (including phenoxy) is 1. The molecule has 2 heterocycles. The number of aliphatic carboxylic acids is 2. The lowest BCUT2D eigenvalue weighted by atomic mass is 9.68. The number of carbonyl (C=O) groups is 2. The van der Waals surface area contributed by atoms with Gasteiger partial charge in [-0.2, -0.15) is 15.1 Å². The van der Waals surface area contributed by atoms with E-state index in [2.05, 4.69) is 32.1 Å². The third kappa shape index (κ3) is 11.6. The minimum Gasteiger partial charge on any atom is -0.481 e. The molecule has 9 nitrogen and oxygen atoms in total. The highest BCUT2D eigenvalue weighted by atomic mass is 16.5. The lowest BCUT2D eigenvalue weighted by Crippen LogP contribution is -2.38. The van der Waals surface area contributed by atoms with Crippen LogP contribution in [0.1, 0.15) is 148 Å². The number of nitrogens with zero attached hydrogens (tertiary/aromatic N) is 4. The number of hydrogen-bond donors (Lipinski definition) is 2. The number of unbranched alkanes of at least 4 members (excludes halogenated alkanes) is 14. The van der Waals surface area contributed by atoms with Crippen molar-refractivity contribution >= 4 is 29.0 Å². The number of benzene rings is 2. The maximum atomic E-state index is 12.1. The predicted octanol–water partition coefficient (Wildman–Crippen LogP) is 11.1. The molecule has 2 aromatic rings. The van der Waals surface area contributed by atoms with Crippen molar-refractivity contribution in [3.8, 4) is 17.9 Å². The Morgan fingerprint density at radius 2 is 1.29 bits per heavy atom. The molecule has 2 aliphatic heterocycles. The SMILES string of the molecule is CCCCCCCCCCC1(CCCCCCCCCC)C(/C(C#N)=C(C#N)/C=C2/Oc3ccccc3N2CCC(=O)O)=[N+](CCC(=O)O)c2ccccc21. The second kappa shape index (κ2) is 22.5. The smallest absolute Gasteiger partial charge is 0.309 e. The molecule has 294 valence electrons. The van der Waals surface area contributed by atoms with E-state index in [4.69, 9.17) is 4.74 Å². The van der Waals surface area contributed by atoms with E-state index >= 15 is 0 Å². The summed E-state index contributed by atoms with van der Waals surface area (Å²) in [6.07, 6.45) is 21.4. The van der Waals surface area contributed by atoms with Crippen molar-refractivity contribution in [3.63, 3.8) is 0 Å². The molecule has 9 heteroatoms. The fourth-order valence-corrected chi connectivity index (χ4v) is 8.31. The number of fused-ring (bicyclic) bond motifs is 2. The largest absolute Gasteiger partial charge is 0.481 e. The summed E-state index contributed by atoms with van der Waals surface area (Å²) in [5, 5.41) is 41.4. The van der Waals surface area contributed by atoms with Crippen LogP contribution < -0.4 is 9.64 Å². The Labute approximate surface area is 328 Å². The zero-order chi connectivity index (χ0) is 39.5. The Balaban J connectivity index is 1.82. The van der Waals surface area contributed by atoms with E-state index in [0.29, 0.717) is 17.1 Å². The first-order valence-corrected chi connectivity index (χ1v) is 20.8.